The van der Waals surface area contributed by atoms with E-state index in [2.05, 4.69) is 70.3 Å². The molecule has 2 nitrogen and oxygen atoms in total. The van der Waals surface area contributed by atoms with Gasteiger partial charge in [0.15, 0.2) is 0 Å². The van der Waals surface area contributed by atoms with E-state index in [1.54, 1.807) is 5.56 Å². The monoisotopic (exact) mass is 412 g/mol. The van der Waals surface area contributed by atoms with Crippen molar-refractivity contribution in [2.45, 2.75) is 58.4 Å². The quantitative estimate of drug-likeness (QED) is 0.548. The van der Waals surface area contributed by atoms with Gasteiger partial charge in [-0.2, -0.15) is 0 Å². The highest BCUT2D eigenvalue weighted by Crippen LogP contribution is 2.30. The number of nitrogens with two attached hydrogens (primary N) is 1. The summed E-state index contributed by atoms with van der Waals surface area (Å²) >= 11 is 3.53. The van der Waals surface area contributed by atoms with Crippen molar-refractivity contribution in [1.82, 2.24) is 4.98 Å². The maximum Gasteiger partial charge on any atom is 0.0459 e. The Morgan fingerprint density at radius 3 is 2.54 bits per heavy atom. The lowest BCUT2D eigenvalue weighted by atomic mass is 9.96. The van der Waals surface area contributed by atoms with Crippen molar-refractivity contribution in [3.05, 3.63) is 69.3 Å². The second-order valence-corrected chi connectivity index (χ2v) is 8.20. The molecule has 1 heterocycles. The molecule has 1 unspecified atom stereocenters. The first-order valence-corrected chi connectivity index (χ1v) is 10.5. The van der Waals surface area contributed by atoms with Crippen LogP contribution in [0.5, 0.6) is 0 Å². The van der Waals surface area contributed by atoms with Crippen molar-refractivity contribution >= 4 is 26.8 Å². The van der Waals surface area contributed by atoms with E-state index in [1.165, 1.54) is 57.9 Å². The fraction of sp³-hybridized carbons (Fsp3) is 0.391. The number of fused-ring (bicyclic) bond motifs is 3. The first-order chi connectivity index (χ1) is 12.6. The van der Waals surface area contributed by atoms with Crippen LogP contribution in [0, 0.1) is 0 Å². The highest BCUT2D eigenvalue weighted by Gasteiger charge is 2.14. The largest absolute Gasteiger partial charge is 0.358 e. The molecule has 3 heteroatoms. The SMILES string of the molecule is Brc1ccc2[nH]c3c(c2c1)CCCC3.CCc1ccccc1CC(C)N. The number of aromatic amines is 1. The van der Waals surface area contributed by atoms with Gasteiger partial charge in [0.2, 0.25) is 0 Å². The molecular weight excluding hydrogens is 384 g/mol. The molecular formula is C23H29BrN2. The minimum absolute atomic E-state index is 0.262. The third-order valence-corrected chi connectivity index (χ3v) is 5.59. The van der Waals surface area contributed by atoms with Crippen molar-refractivity contribution in [3.8, 4) is 0 Å². The van der Waals surface area contributed by atoms with Crippen LogP contribution in [-0.4, -0.2) is 11.0 Å². The van der Waals surface area contributed by atoms with Gasteiger partial charge < -0.3 is 10.7 Å². The molecule has 1 aliphatic carbocycles. The van der Waals surface area contributed by atoms with Crippen LogP contribution in [0.1, 0.15) is 49.1 Å². The van der Waals surface area contributed by atoms with Gasteiger partial charge in [0.05, 0.1) is 0 Å². The summed E-state index contributed by atoms with van der Waals surface area (Å²) in [6, 6.07) is 15.3. The van der Waals surface area contributed by atoms with Gasteiger partial charge in [-0.25, -0.2) is 0 Å². The molecule has 0 fully saturated rings. The smallest absolute Gasteiger partial charge is 0.0459 e. The zero-order valence-electron chi connectivity index (χ0n) is 15.8. The molecule has 2 aromatic carbocycles. The molecule has 0 bridgehead atoms. The van der Waals surface area contributed by atoms with E-state index >= 15 is 0 Å². The van der Waals surface area contributed by atoms with Gasteiger partial charge in [-0.3, -0.25) is 0 Å². The van der Waals surface area contributed by atoms with E-state index in [-0.39, 0.29) is 6.04 Å². The van der Waals surface area contributed by atoms with E-state index in [1.807, 2.05) is 6.92 Å². The van der Waals surface area contributed by atoms with Gasteiger partial charge in [0, 0.05) is 27.1 Å². The summed E-state index contributed by atoms with van der Waals surface area (Å²) in [5.74, 6) is 0. The molecule has 1 aliphatic rings. The van der Waals surface area contributed by atoms with Crippen LogP contribution in [0.4, 0.5) is 0 Å². The Morgan fingerprint density at radius 1 is 1.08 bits per heavy atom. The summed E-state index contributed by atoms with van der Waals surface area (Å²) < 4.78 is 1.18. The maximum atomic E-state index is 5.75. The summed E-state index contributed by atoms with van der Waals surface area (Å²) in [6.07, 6.45) is 7.23. The van der Waals surface area contributed by atoms with Gasteiger partial charge in [-0.15, -0.1) is 0 Å². The second-order valence-electron chi connectivity index (χ2n) is 7.28. The third kappa shape index (κ3) is 4.57. The lowest BCUT2D eigenvalue weighted by Crippen LogP contribution is -2.18. The van der Waals surface area contributed by atoms with Gasteiger partial charge in [-0.1, -0.05) is 47.1 Å². The van der Waals surface area contributed by atoms with E-state index in [9.17, 15) is 0 Å². The van der Waals surface area contributed by atoms with Crippen molar-refractivity contribution in [2.24, 2.45) is 5.73 Å². The van der Waals surface area contributed by atoms with Crippen LogP contribution in [-0.2, 0) is 25.7 Å². The van der Waals surface area contributed by atoms with E-state index in [0.717, 1.165) is 12.8 Å². The summed E-state index contributed by atoms with van der Waals surface area (Å²) in [6.45, 7) is 4.23. The van der Waals surface area contributed by atoms with Crippen LogP contribution in [0.3, 0.4) is 0 Å². The highest BCUT2D eigenvalue weighted by atomic mass is 79.9. The zero-order valence-corrected chi connectivity index (χ0v) is 17.4. The first-order valence-electron chi connectivity index (χ1n) is 9.69. The van der Waals surface area contributed by atoms with E-state index < -0.39 is 0 Å². The van der Waals surface area contributed by atoms with Crippen molar-refractivity contribution < 1.29 is 0 Å². The summed E-state index contributed by atoms with van der Waals surface area (Å²) in [4.78, 5) is 3.52. The fourth-order valence-corrected chi connectivity index (χ4v) is 4.19. The number of hydrogen-bond acceptors (Lipinski definition) is 1. The Morgan fingerprint density at radius 2 is 1.81 bits per heavy atom. The Bertz CT molecular complexity index is 864. The minimum Gasteiger partial charge on any atom is -0.358 e. The number of aromatic nitrogens is 1. The summed E-state index contributed by atoms with van der Waals surface area (Å²) in [5, 5.41) is 1.41. The molecule has 138 valence electrons. The molecule has 4 rings (SSSR count). The highest BCUT2D eigenvalue weighted by molar-refractivity contribution is 9.10. The number of aryl methyl sites for hydroxylation is 3. The normalized spacial score (nSPS) is 14.5. The topological polar surface area (TPSA) is 41.8 Å². The minimum atomic E-state index is 0.262. The zero-order chi connectivity index (χ0) is 18.5. The number of halogens is 1. The van der Waals surface area contributed by atoms with Crippen molar-refractivity contribution in [2.75, 3.05) is 0 Å². The Balaban J connectivity index is 0.000000153. The van der Waals surface area contributed by atoms with Gasteiger partial charge in [0.25, 0.3) is 0 Å². The predicted molar refractivity (Wildman–Crippen MR) is 116 cm³/mol. The summed E-state index contributed by atoms with van der Waals surface area (Å²) in [7, 11) is 0. The van der Waals surface area contributed by atoms with E-state index in [4.69, 9.17) is 5.73 Å². The molecule has 0 saturated carbocycles. The molecule has 0 aliphatic heterocycles. The average Bonchev–Trinajstić information content (AvgIpc) is 3.00. The second kappa shape index (κ2) is 8.88. The Kier molecular flexibility index (Phi) is 6.55. The first kappa shape index (κ1) is 19.2. The molecule has 0 saturated heterocycles. The molecule has 1 atom stereocenters. The lowest BCUT2D eigenvalue weighted by molar-refractivity contribution is 0.680. The van der Waals surface area contributed by atoms with Crippen LogP contribution in [0.2, 0.25) is 0 Å². The van der Waals surface area contributed by atoms with Gasteiger partial charge in [-0.05, 0) is 80.3 Å². The number of benzene rings is 2. The molecule has 0 radical (unpaired) electrons. The molecule has 26 heavy (non-hydrogen) atoms. The molecule has 3 N–H and O–H groups in total. The standard InChI is InChI=1S/C12H12BrN.C11H17N/c13-8-5-6-12-10(7-8)9-3-1-2-4-11(9)14-12;1-3-10-6-4-5-7-11(10)8-9(2)12/h5-7,14H,1-4H2;4-7,9H,3,8,12H2,1-2H3. The average molecular weight is 413 g/mol. The molecule has 0 spiro atoms. The van der Waals surface area contributed by atoms with Gasteiger partial charge in [0.1, 0.15) is 0 Å². The fourth-order valence-electron chi connectivity index (χ4n) is 3.83. The van der Waals surface area contributed by atoms with Crippen molar-refractivity contribution in [1.29, 1.82) is 0 Å². The van der Waals surface area contributed by atoms with Crippen LogP contribution in [0.15, 0.2) is 46.9 Å². The number of hydrogen-bond donors (Lipinski definition) is 2. The molecule has 0 amide bonds. The number of nitrogens with one attached hydrogen (secondary N) is 1. The van der Waals surface area contributed by atoms with Gasteiger partial charge >= 0.3 is 0 Å². The molecule has 3 aromatic rings. The predicted octanol–water partition coefficient (Wildman–Crippen LogP) is 5.95. The molecule has 1 aromatic heterocycles. The van der Waals surface area contributed by atoms with E-state index in [0.29, 0.717) is 0 Å². The lowest BCUT2D eigenvalue weighted by Gasteiger charge is -2.10. The Hall–Kier alpha value is -1.58. The number of H-pyrrole nitrogens is 1. The van der Waals surface area contributed by atoms with Crippen LogP contribution >= 0.6 is 15.9 Å². The Labute approximate surface area is 165 Å². The van der Waals surface area contributed by atoms with Crippen LogP contribution < -0.4 is 5.73 Å². The number of rotatable bonds is 3. The van der Waals surface area contributed by atoms with Crippen molar-refractivity contribution in [3.63, 3.8) is 0 Å². The maximum absolute atomic E-state index is 5.75. The third-order valence-electron chi connectivity index (χ3n) is 5.10. The van der Waals surface area contributed by atoms with Crippen LogP contribution in [0.25, 0.3) is 10.9 Å². The summed E-state index contributed by atoms with van der Waals surface area (Å²) in [5.41, 5.74) is 12.9.